The van der Waals surface area contributed by atoms with Crippen LogP contribution in [0.3, 0.4) is 0 Å². The highest BCUT2D eigenvalue weighted by molar-refractivity contribution is 6.11. The molecule has 0 spiro atoms. The Labute approximate surface area is 146 Å². The van der Waals surface area contributed by atoms with Crippen molar-refractivity contribution in [1.29, 1.82) is 0 Å². The topological polar surface area (TPSA) is 56.2 Å². The Morgan fingerprint density at radius 3 is 1.52 bits per heavy atom. The highest BCUT2D eigenvalue weighted by Gasteiger charge is 2.16. The lowest BCUT2D eigenvalue weighted by Crippen LogP contribution is -3.06. The van der Waals surface area contributed by atoms with Gasteiger partial charge >= 0.3 is 0 Å². The van der Waals surface area contributed by atoms with Gasteiger partial charge in [0.05, 0.1) is 28.2 Å². The Balaban J connectivity index is 2.06. The smallest absolute Gasteiger partial charge is 0.216 e. The fourth-order valence-electron chi connectivity index (χ4n) is 2.97. The summed E-state index contributed by atoms with van der Waals surface area (Å²) in [6.45, 7) is 0.882. The number of benzene rings is 2. The molecule has 3 aromatic rings. The molecule has 0 atom stereocenters. The van der Waals surface area contributed by atoms with Gasteiger partial charge in [0.1, 0.15) is 24.3 Å². The Kier molecular flexibility index (Phi) is 4.70. The number of furan rings is 1. The standard InChI is InChI=1S/C20H22N2O3/c1-21(2)11-17(23)13-5-7-19-15(9-13)16-10-14(6-8-20(16)25-19)18(24)12-22(3)4/h5-10H,11-12H2,1-4H3/p+2. The largest absolute Gasteiger partial charge is 0.456 e. The van der Waals surface area contributed by atoms with Gasteiger partial charge in [-0.2, -0.15) is 0 Å². The molecule has 5 heteroatoms. The molecular weight excluding hydrogens is 316 g/mol. The number of fused-ring (bicyclic) bond motifs is 3. The predicted molar refractivity (Wildman–Crippen MR) is 97.7 cm³/mol. The van der Waals surface area contributed by atoms with Gasteiger partial charge in [-0.05, 0) is 36.4 Å². The van der Waals surface area contributed by atoms with Crippen molar-refractivity contribution in [3.63, 3.8) is 0 Å². The predicted octanol–water partition coefficient (Wildman–Crippen LogP) is 0.240. The van der Waals surface area contributed by atoms with E-state index in [2.05, 4.69) is 0 Å². The van der Waals surface area contributed by atoms with Crippen LogP contribution in [0.25, 0.3) is 21.9 Å². The first kappa shape index (κ1) is 17.3. The first-order chi connectivity index (χ1) is 11.8. The Bertz CT molecular complexity index is 878. The van der Waals surface area contributed by atoms with E-state index in [0.717, 1.165) is 31.7 Å². The van der Waals surface area contributed by atoms with E-state index in [-0.39, 0.29) is 11.6 Å². The number of Topliss-reactive ketones (excluding diaryl/α,β-unsaturated/α-hetero) is 2. The number of likely N-dealkylation sites (N-methyl/N-ethyl adjacent to an activating group) is 2. The molecule has 2 aromatic carbocycles. The van der Waals surface area contributed by atoms with Crippen molar-refractivity contribution in [2.75, 3.05) is 41.3 Å². The van der Waals surface area contributed by atoms with E-state index in [0.29, 0.717) is 24.2 Å². The molecule has 0 aliphatic rings. The van der Waals surface area contributed by atoms with Crippen LogP contribution in [-0.2, 0) is 0 Å². The van der Waals surface area contributed by atoms with Gasteiger partial charge in [0, 0.05) is 21.9 Å². The first-order valence-corrected chi connectivity index (χ1v) is 8.46. The van der Waals surface area contributed by atoms with Crippen LogP contribution in [0.4, 0.5) is 0 Å². The van der Waals surface area contributed by atoms with Crippen molar-refractivity contribution >= 4 is 33.5 Å². The second-order valence-corrected chi connectivity index (χ2v) is 7.14. The van der Waals surface area contributed by atoms with E-state index in [1.165, 1.54) is 0 Å². The Morgan fingerprint density at radius 2 is 1.16 bits per heavy atom. The second-order valence-electron chi connectivity index (χ2n) is 7.14. The van der Waals surface area contributed by atoms with Crippen LogP contribution in [0.2, 0.25) is 0 Å². The summed E-state index contributed by atoms with van der Waals surface area (Å²) in [5.41, 5.74) is 2.80. The number of hydrogen-bond donors (Lipinski definition) is 2. The molecular formula is C20H24N2O3+2. The molecule has 0 radical (unpaired) electrons. The third-order valence-electron chi connectivity index (χ3n) is 4.14. The lowest BCUT2D eigenvalue weighted by Gasteiger charge is -2.06. The molecule has 2 N–H and O–H groups in total. The molecule has 5 nitrogen and oxygen atoms in total. The summed E-state index contributed by atoms with van der Waals surface area (Å²) in [6, 6.07) is 11.0. The molecule has 0 aliphatic heterocycles. The molecule has 25 heavy (non-hydrogen) atoms. The summed E-state index contributed by atoms with van der Waals surface area (Å²) >= 11 is 0. The van der Waals surface area contributed by atoms with Gasteiger partial charge in [0.2, 0.25) is 11.6 Å². The highest BCUT2D eigenvalue weighted by Crippen LogP contribution is 2.30. The maximum Gasteiger partial charge on any atom is 0.216 e. The van der Waals surface area contributed by atoms with Crippen molar-refractivity contribution in [2.24, 2.45) is 0 Å². The third-order valence-corrected chi connectivity index (χ3v) is 4.14. The molecule has 0 amide bonds. The van der Waals surface area contributed by atoms with Crippen molar-refractivity contribution in [1.82, 2.24) is 0 Å². The Morgan fingerprint density at radius 1 is 0.760 bits per heavy atom. The average molecular weight is 340 g/mol. The van der Waals surface area contributed by atoms with E-state index in [9.17, 15) is 9.59 Å². The van der Waals surface area contributed by atoms with Crippen molar-refractivity contribution in [2.45, 2.75) is 0 Å². The lowest BCUT2D eigenvalue weighted by molar-refractivity contribution is -0.848. The third kappa shape index (κ3) is 3.62. The quantitative estimate of drug-likeness (QED) is 0.632. The molecule has 130 valence electrons. The molecule has 0 fully saturated rings. The number of carbonyl (C=O) groups is 2. The number of carbonyl (C=O) groups excluding carboxylic acids is 2. The minimum absolute atomic E-state index is 0.0969. The number of hydrogen-bond acceptors (Lipinski definition) is 3. The number of nitrogens with one attached hydrogen (secondary N) is 2. The van der Waals surface area contributed by atoms with Crippen LogP contribution in [0, 0.1) is 0 Å². The minimum atomic E-state index is 0.0969. The average Bonchev–Trinajstić information content (AvgIpc) is 2.90. The fraction of sp³-hybridized carbons (Fsp3) is 0.300. The van der Waals surface area contributed by atoms with Crippen LogP contribution in [-0.4, -0.2) is 52.8 Å². The van der Waals surface area contributed by atoms with Crippen LogP contribution in [0.1, 0.15) is 20.7 Å². The van der Waals surface area contributed by atoms with Gasteiger partial charge in [0.15, 0.2) is 0 Å². The zero-order chi connectivity index (χ0) is 18.1. The molecule has 3 rings (SSSR count). The van der Waals surface area contributed by atoms with Gasteiger partial charge in [-0.25, -0.2) is 0 Å². The molecule has 0 aliphatic carbocycles. The fourth-order valence-corrected chi connectivity index (χ4v) is 2.97. The number of ketones is 2. The molecule has 1 heterocycles. The van der Waals surface area contributed by atoms with Crippen LogP contribution in [0.5, 0.6) is 0 Å². The SMILES string of the molecule is C[NH+](C)CC(=O)c1ccc2oc3ccc(C(=O)C[NH+](C)C)cc3c2c1. The van der Waals surface area contributed by atoms with E-state index in [1.54, 1.807) is 12.1 Å². The van der Waals surface area contributed by atoms with E-state index in [1.807, 2.05) is 52.5 Å². The molecule has 0 bridgehead atoms. The Hall–Kier alpha value is -2.50. The first-order valence-electron chi connectivity index (χ1n) is 8.46. The summed E-state index contributed by atoms with van der Waals surface area (Å²) in [6.07, 6.45) is 0. The number of quaternary nitrogens is 2. The molecule has 0 unspecified atom stereocenters. The summed E-state index contributed by atoms with van der Waals surface area (Å²) in [7, 11) is 7.81. The molecule has 0 saturated heterocycles. The zero-order valence-electron chi connectivity index (χ0n) is 15.1. The van der Waals surface area contributed by atoms with Gasteiger partial charge in [-0.3, -0.25) is 9.59 Å². The van der Waals surface area contributed by atoms with Gasteiger partial charge in [0.25, 0.3) is 0 Å². The minimum Gasteiger partial charge on any atom is -0.456 e. The van der Waals surface area contributed by atoms with Crippen LogP contribution < -0.4 is 9.80 Å². The normalized spacial score (nSPS) is 11.8. The van der Waals surface area contributed by atoms with E-state index < -0.39 is 0 Å². The number of rotatable bonds is 6. The van der Waals surface area contributed by atoms with Gasteiger partial charge in [-0.15, -0.1) is 0 Å². The summed E-state index contributed by atoms with van der Waals surface area (Å²) < 4.78 is 5.85. The summed E-state index contributed by atoms with van der Waals surface area (Å²) in [5.74, 6) is 0.194. The highest BCUT2D eigenvalue weighted by atomic mass is 16.3. The molecule has 1 aromatic heterocycles. The van der Waals surface area contributed by atoms with Crippen LogP contribution in [0.15, 0.2) is 40.8 Å². The van der Waals surface area contributed by atoms with E-state index >= 15 is 0 Å². The molecule has 0 saturated carbocycles. The van der Waals surface area contributed by atoms with Crippen molar-refractivity contribution in [3.8, 4) is 0 Å². The maximum atomic E-state index is 12.3. The lowest BCUT2D eigenvalue weighted by atomic mass is 10.0. The van der Waals surface area contributed by atoms with E-state index in [4.69, 9.17) is 4.42 Å². The monoisotopic (exact) mass is 340 g/mol. The summed E-state index contributed by atoms with van der Waals surface area (Å²) in [5, 5.41) is 1.75. The van der Waals surface area contributed by atoms with Crippen LogP contribution >= 0.6 is 0 Å². The van der Waals surface area contributed by atoms with Gasteiger partial charge in [-0.1, -0.05) is 0 Å². The second kappa shape index (κ2) is 6.78. The van der Waals surface area contributed by atoms with Crippen molar-refractivity contribution < 1.29 is 23.8 Å². The van der Waals surface area contributed by atoms with Gasteiger partial charge < -0.3 is 14.2 Å². The zero-order valence-corrected chi connectivity index (χ0v) is 15.1. The van der Waals surface area contributed by atoms with Crippen molar-refractivity contribution in [3.05, 3.63) is 47.5 Å². The summed E-state index contributed by atoms with van der Waals surface area (Å²) in [4.78, 5) is 26.9. The maximum absolute atomic E-state index is 12.3.